The number of hydrogen-bond donors (Lipinski definition) is 1. The van der Waals surface area contributed by atoms with E-state index in [-0.39, 0.29) is 29.6 Å². The molecular formula is C21H26ClNO2. The van der Waals surface area contributed by atoms with Gasteiger partial charge in [0.1, 0.15) is 5.75 Å². The highest BCUT2D eigenvalue weighted by atomic mass is 35.5. The van der Waals surface area contributed by atoms with Crippen LogP contribution < -0.4 is 4.90 Å². The first-order chi connectivity index (χ1) is 11.4. The number of phenols is 1. The zero-order valence-corrected chi connectivity index (χ0v) is 15.8. The Labute approximate surface area is 156 Å². The molecule has 1 fully saturated rings. The van der Waals surface area contributed by atoms with E-state index in [1.165, 1.54) is 0 Å². The quantitative estimate of drug-likeness (QED) is 0.787. The molecule has 25 heavy (non-hydrogen) atoms. The third kappa shape index (κ3) is 3.52. The molecule has 3 rings (SSSR count). The molecule has 1 saturated heterocycles. The molecule has 0 radical (unpaired) electrons. The predicted octanol–water partition coefficient (Wildman–Crippen LogP) is 4.96. The highest BCUT2D eigenvalue weighted by Crippen LogP contribution is 2.42. The maximum atomic E-state index is 12.0. The summed E-state index contributed by atoms with van der Waals surface area (Å²) in [7, 11) is 0. The second-order valence-corrected chi connectivity index (χ2v) is 7.01. The number of aromatic hydroxyl groups is 1. The van der Waals surface area contributed by atoms with E-state index in [1.807, 2.05) is 36.4 Å². The van der Waals surface area contributed by atoms with Gasteiger partial charge in [0, 0.05) is 29.3 Å². The predicted molar refractivity (Wildman–Crippen MR) is 105 cm³/mol. The van der Waals surface area contributed by atoms with E-state index >= 15 is 0 Å². The molecule has 1 N–H and O–H groups in total. The molecule has 4 heteroatoms. The number of Topliss-reactive ketones (excluding diaryl/α,β-unsaturated/α-hetero) is 1. The van der Waals surface area contributed by atoms with Crippen molar-refractivity contribution in [3.63, 3.8) is 0 Å². The number of para-hydroxylation sites is 1. The molecule has 3 nitrogen and oxygen atoms in total. The fraction of sp³-hybridized carbons (Fsp3) is 0.381. The summed E-state index contributed by atoms with van der Waals surface area (Å²) in [6.07, 6.45) is 2.12. The topological polar surface area (TPSA) is 40.5 Å². The SMILES string of the molecule is CC(=O)c1ccccc1N1CCCC(C)(c2cccc(O)c2)C1C.Cl. The van der Waals surface area contributed by atoms with Crippen molar-refractivity contribution in [1.82, 2.24) is 0 Å². The van der Waals surface area contributed by atoms with Gasteiger partial charge in [0.05, 0.1) is 0 Å². The summed E-state index contributed by atoms with van der Waals surface area (Å²) >= 11 is 0. The molecule has 1 aliphatic rings. The van der Waals surface area contributed by atoms with Gasteiger partial charge in [0.2, 0.25) is 0 Å². The summed E-state index contributed by atoms with van der Waals surface area (Å²) in [6, 6.07) is 15.7. The Kier molecular flexibility index (Phi) is 5.79. The second kappa shape index (κ2) is 7.49. The van der Waals surface area contributed by atoms with E-state index in [4.69, 9.17) is 0 Å². The molecule has 1 aliphatic heterocycles. The molecule has 2 atom stereocenters. The number of ketones is 1. The van der Waals surface area contributed by atoms with Gasteiger partial charge in [-0.1, -0.05) is 31.2 Å². The van der Waals surface area contributed by atoms with Gasteiger partial charge in [-0.05, 0) is 56.5 Å². The normalized spacial score (nSPS) is 23.0. The third-order valence-corrected chi connectivity index (χ3v) is 5.58. The number of halogens is 1. The largest absolute Gasteiger partial charge is 0.508 e. The molecule has 0 bridgehead atoms. The van der Waals surface area contributed by atoms with Crippen LogP contribution in [0.1, 0.15) is 49.5 Å². The average molecular weight is 360 g/mol. The summed E-state index contributed by atoms with van der Waals surface area (Å²) in [5, 5.41) is 9.89. The fourth-order valence-corrected chi connectivity index (χ4v) is 3.96. The highest BCUT2D eigenvalue weighted by molar-refractivity contribution is 5.99. The van der Waals surface area contributed by atoms with E-state index in [1.54, 1.807) is 13.0 Å². The highest BCUT2D eigenvalue weighted by Gasteiger charge is 2.40. The van der Waals surface area contributed by atoms with Crippen LogP contribution in [0.5, 0.6) is 5.75 Å². The lowest BCUT2D eigenvalue weighted by molar-refractivity contribution is 0.101. The first-order valence-corrected chi connectivity index (χ1v) is 8.59. The average Bonchev–Trinajstić information content (AvgIpc) is 2.57. The number of hydrogen-bond acceptors (Lipinski definition) is 3. The van der Waals surface area contributed by atoms with Gasteiger partial charge < -0.3 is 10.0 Å². The molecule has 2 unspecified atom stereocenters. The molecule has 0 saturated carbocycles. The van der Waals surface area contributed by atoms with Crippen LogP contribution >= 0.6 is 12.4 Å². The third-order valence-electron chi connectivity index (χ3n) is 5.58. The minimum Gasteiger partial charge on any atom is -0.508 e. The van der Waals surface area contributed by atoms with Crippen LogP contribution in [0.25, 0.3) is 0 Å². The fourth-order valence-electron chi connectivity index (χ4n) is 3.96. The van der Waals surface area contributed by atoms with Gasteiger partial charge >= 0.3 is 0 Å². The van der Waals surface area contributed by atoms with Gasteiger partial charge in [-0.15, -0.1) is 12.4 Å². The van der Waals surface area contributed by atoms with Crippen molar-refractivity contribution < 1.29 is 9.90 Å². The summed E-state index contributed by atoms with van der Waals surface area (Å²) in [6.45, 7) is 7.05. The number of anilines is 1. The smallest absolute Gasteiger partial charge is 0.161 e. The molecule has 2 aromatic rings. The Morgan fingerprint density at radius 2 is 1.92 bits per heavy atom. The molecule has 0 amide bonds. The molecule has 0 spiro atoms. The minimum absolute atomic E-state index is 0. The number of carbonyl (C=O) groups excluding carboxylic acids is 1. The van der Waals surface area contributed by atoms with E-state index in [2.05, 4.69) is 24.8 Å². The zero-order chi connectivity index (χ0) is 17.3. The lowest BCUT2D eigenvalue weighted by atomic mass is 9.70. The first kappa shape index (κ1) is 19.3. The van der Waals surface area contributed by atoms with Crippen LogP contribution in [0.4, 0.5) is 5.69 Å². The maximum absolute atomic E-state index is 12.0. The number of piperidine rings is 1. The van der Waals surface area contributed by atoms with E-state index in [9.17, 15) is 9.90 Å². The number of benzene rings is 2. The van der Waals surface area contributed by atoms with Gasteiger partial charge in [-0.25, -0.2) is 0 Å². The van der Waals surface area contributed by atoms with Crippen molar-refractivity contribution in [1.29, 1.82) is 0 Å². The molecule has 134 valence electrons. The standard InChI is InChI=1S/C21H25NO2.ClH/c1-15(23)19-10-4-5-11-20(19)22-13-7-12-21(3,16(22)2)17-8-6-9-18(24)14-17;/h4-6,8-11,14,16,24H,7,12-13H2,1-3H3;1H. The van der Waals surface area contributed by atoms with Crippen molar-refractivity contribution in [2.75, 3.05) is 11.4 Å². The second-order valence-electron chi connectivity index (χ2n) is 7.01. The lowest BCUT2D eigenvalue weighted by Crippen LogP contribution is -2.52. The Bertz CT molecular complexity index is 761. The van der Waals surface area contributed by atoms with Gasteiger partial charge in [-0.3, -0.25) is 4.79 Å². The minimum atomic E-state index is -0.0686. The Morgan fingerprint density at radius 1 is 1.20 bits per heavy atom. The Hall–Kier alpha value is -2.00. The van der Waals surface area contributed by atoms with Crippen LogP contribution in [0.2, 0.25) is 0 Å². The maximum Gasteiger partial charge on any atom is 0.161 e. The summed E-state index contributed by atoms with van der Waals surface area (Å²) in [5.41, 5.74) is 2.88. The van der Waals surface area contributed by atoms with Gasteiger partial charge in [0.25, 0.3) is 0 Å². The molecular weight excluding hydrogens is 334 g/mol. The van der Waals surface area contributed by atoms with Crippen molar-refractivity contribution in [2.24, 2.45) is 0 Å². The van der Waals surface area contributed by atoms with Crippen molar-refractivity contribution in [2.45, 2.75) is 45.1 Å². The molecule has 1 heterocycles. The van der Waals surface area contributed by atoms with Crippen molar-refractivity contribution >= 4 is 23.9 Å². The van der Waals surface area contributed by atoms with E-state index in [0.717, 1.165) is 36.2 Å². The number of carbonyl (C=O) groups is 1. The van der Waals surface area contributed by atoms with Crippen molar-refractivity contribution in [3.05, 3.63) is 59.7 Å². The van der Waals surface area contributed by atoms with Gasteiger partial charge in [0.15, 0.2) is 5.78 Å². The van der Waals surface area contributed by atoms with E-state index < -0.39 is 0 Å². The monoisotopic (exact) mass is 359 g/mol. The molecule has 0 aliphatic carbocycles. The Morgan fingerprint density at radius 3 is 2.60 bits per heavy atom. The van der Waals surface area contributed by atoms with E-state index in [0.29, 0.717) is 5.75 Å². The molecule has 2 aromatic carbocycles. The van der Waals surface area contributed by atoms with Crippen LogP contribution in [-0.2, 0) is 5.41 Å². The number of phenolic OH excluding ortho intramolecular Hbond substituents is 1. The first-order valence-electron chi connectivity index (χ1n) is 8.59. The molecule has 0 aromatic heterocycles. The zero-order valence-electron chi connectivity index (χ0n) is 15.0. The van der Waals surface area contributed by atoms with Crippen LogP contribution in [-0.4, -0.2) is 23.5 Å². The summed E-state index contributed by atoms with van der Waals surface area (Å²) in [5.74, 6) is 0.407. The van der Waals surface area contributed by atoms with Gasteiger partial charge in [-0.2, -0.15) is 0 Å². The van der Waals surface area contributed by atoms with Crippen LogP contribution in [0.3, 0.4) is 0 Å². The van der Waals surface area contributed by atoms with Crippen LogP contribution in [0, 0.1) is 0 Å². The number of nitrogens with zero attached hydrogens (tertiary/aromatic N) is 1. The lowest BCUT2D eigenvalue weighted by Gasteiger charge is -2.48. The Balaban J connectivity index is 0.00000225. The summed E-state index contributed by atoms with van der Waals surface area (Å²) in [4.78, 5) is 14.4. The summed E-state index contributed by atoms with van der Waals surface area (Å²) < 4.78 is 0. The van der Waals surface area contributed by atoms with Crippen molar-refractivity contribution in [3.8, 4) is 5.75 Å². The number of rotatable bonds is 3. The van der Waals surface area contributed by atoms with Crippen LogP contribution in [0.15, 0.2) is 48.5 Å².